The van der Waals surface area contributed by atoms with Crippen molar-refractivity contribution in [3.8, 4) is 0 Å². The molecule has 0 spiro atoms. The molecule has 3 nitrogen and oxygen atoms in total. The minimum Gasteiger partial charge on any atom is -0.477 e. The monoisotopic (exact) mass is 188 g/mol. The number of aliphatic hydroxyl groups excluding tert-OH is 1. The van der Waals surface area contributed by atoms with Gasteiger partial charge in [-0.1, -0.05) is 13.8 Å². The number of carbonyl (C=O) groups is 1. The zero-order valence-electron chi connectivity index (χ0n) is 7.07. The summed E-state index contributed by atoms with van der Waals surface area (Å²) in [5.41, 5.74) is 0. The van der Waals surface area contributed by atoms with Gasteiger partial charge in [0.25, 0.3) is 0 Å². The lowest BCUT2D eigenvalue weighted by Crippen LogP contribution is -1.89. The van der Waals surface area contributed by atoms with Crippen molar-refractivity contribution in [3.05, 3.63) is 21.9 Å². The second-order valence-electron chi connectivity index (χ2n) is 1.73. The maximum atomic E-state index is 10.3. The largest absolute Gasteiger partial charge is 0.477 e. The van der Waals surface area contributed by atoms with Crippen molar-refractivity contribution in [2.45, 2.75) is 20.5 Å². The van der Waals surface area contributed by atoms with E-state index < -0.39 is 5.97 Å². The van der Waals surface area contributed by atoms with Crippen molar-refractivity contribution >= 4 is 17.3 Å². The molecule has 0 saturated heterocycles. The molecule has 0 fully saturated rings. The average molecular weight is 188 g/mol. The quantitative estimate of drug-likeness (QED) is 0.746. The van der Waals surface area contributed by atoms with Crippen LogP contribution in [0.1, 0.15) is 28.4 Å². The zero-order valence-corrected chi connectivity index (χ0v) is 7.89. The van der Waals surface area contributed by atoms with E-state index >= 15 is 0 Å². The minimum absolute atomic E-state index is 0.0854. The van der Waals surface area contributed by atoms with Crippen LogP contribution >= 0.6 is 11.3 Å². The molecule has 0 aliphatic rings. The van der Waals surface area contributed by atoms with Crippen molar-refractivity contribution in [1.82, 2.24) is 0 Å². The topological polar surface area (TPSA) is 57.5 Å². The fourth-order valence-electron chi connectivity index (χ4n) is 0.578. The van der Waals surface area contributed by atoms with Crippen LogP contribution < -0.4 is 0 Å². The van der Waals surface area contributed by atoms with Gasteiger partial charge in [-0.2, -0.15) is 0 Å². The van der Waals surface area contributed by atoms with Gasteiger partial charge in [0.05, 0.1) is 6.61 Å². The van der Waals surface area contributed by atoms with Crippen molar-refractivity contribution in [2.75, 3.05) is 0 Å². The predicted octanol–water partition coefficient (Wildman–Crippen LogP) is 1.96. The summed E-state index contributed by atoms with van der Waals surface area (Å²) in [4.78, 5) is 11.2. The van der Waals surface area contributed by atoms with Crippen LogP contribution in [-0.4, -0.2) is 16.2 Å². The molecule has 1 heterocycles. The van der Waals surface area contributed by atoms with Crippen LogP contribution in [0.25, 0.3) is 0 Å². The summed E-state index contributed by atoms with van der Waals surface area (Å²) in [6.07, 6.45) is 0. The Morgan fingerprint density at radius 3 is 2.33 bits per heavy atom. The first kappa shape index (κ1) is 11.1. The molecule has 4 heteroatoms. The highest BCUT2D eigenvalue weighted by Gasteiger charge is 2.04. The van der Waals surface area contributed by atoms with Gasteiger partial charge in [-0.3, -0.25) is 0 Å². The Balaban J connectivity index is 0.000000561. The summed E-state index contributed by atoms with van der Waals surface area (Å²) in [5.74, 6) is -0.940. The Morgan fingerprint density at radius 1 is 1.50 bits per heavy atom. The van der Waals surface area contributed by atoms with Gasteiger partial charge in [-0.05, 0) is 12.1 Å². The van der Waals surface area contributed by atoms with Gasteiger partial charge in [-0.25, -0.2) is 4.79 Å². The van der Waals surface area contributed by atoms with Crippen molar-refractivity contribution in [3.63, 3.8) is 0 Å². The van der Waals surface area contributed by atoms with Gasteiger partial charge in [0.2, 0.25) is 0 Å². The molecule has 12 heavy (non-hydrogen) atoms. The Labute approximate surface area is 75.3 Å². The molecule has 0 unspecified atom stereocenters. The Morgan fingerprint density at radius 2 is 2.08 bits per heavy atom. The normalized spacial score (nSPS) is 8.58. The molecule has 68 valence electrons. The highest BCUT2D eigenvalue weighted by atomic mass is 32.1. The molecule has 0 atom stereocenters. The molecule has 0 amide bonds. The standard InChI is InChI=1S/C6H6O3S.C2H6/c7-3-4-1-2-5(10-4)6(8)9;1-2/h1-2,7H,3H2,(H,8,9);1-2H3. The van der Waals surface area contributed by atoms with Gasteiger partial charge in [0, 0.05) is 4.88 Å². The highest BCUT2D eigenvalue weighted by Crippen LogP contribution is 2.15. The number of aromatic carboxylic acids is 1. The van der Waals surface area contributed by atoms with Crippen LogP contribution in [-0.2, 0) is 6.61 Å². The zero-order chi connectivity index (χ0) is 9.56. The van der Waals surface area contributed by atoms with Crippen molar-refractivity contribution in [2.24, 2.45) is 0 Å². The molecule has 0 bridgehead atoms. The molecule has 0 radical (unpaired) electrons. The molecule has 0 aliphatic heterocycles. The predicted molar refractivity (Wildman–Crippen MR) is 48.5 cm³/mol. The van der Waals surface area contributed by atoms with Crippen LogP contribution in [0.4, 0.5) is 0 Å². The van der Waals surface area contributed by atoms with Crippen molar-refractivity contribution in [1.29, 1.82) is 0 Å². The summed E-state index contributed by atoms with van der Waals surface area (Å²) in [7, 11) is 0. The molecule has 1 aromatic heterocycles. The molecular formula is C8H12O3S. The van der Waals surface area contributed by atoms with E-state index in [1.807, 2.05) is 13.8 Å². The number of carboxylic acid groups (broad SMARTS) is 1. The number of thiophene rings is 1. The van der Waals surface area contributed by atoms with Gasteiger partial charge < -0.3 is 10.2 Å². The smallest absolute Gasteiger partial charge is 0.345 e. The van der Waals surface area contributed by atoms with E-state index in [1.54, 1.807) is 6.07 Å². The number of carboxylic acids is 1. The number of rotatable bonds is 2. The second-order valence-corrected chi connectivity index (χ2v) is 2.90. The minimum atomic E-state index is -0.940. The Hall–Kier alpha value is -0.870. The third-order valence-electron chi connectivity index (χ3n) is 1.03. The van der Waals surface area contributed by atoms with Crippen molar-refractivity contribution < 1.29 is 15.0 Å². The third-order valence-corrected chi connectivity index (χ3v) is 2.09. The summed E-state index contributed by atoms with van der Waals surface area (Å²) < 4.78 is 0. The van der Waals surface area contributed by atoms with E-state index in [9.17, 15) is 4.79 Å². The first-order valence-electron chi connectivity index (χ1n) is 3.67. The number of aliphatic hydroxyl groups is 1. The molecule has 2 N–H and O–H groups in total. The number of hydrogen-bond acceptors (Lipinski definition) is 3. The lowest BCUT2D eigenvalue weighted by atomic mass is 10.4. The lowest BCUT2D eigenvalue weighted by molar-refractivity contribution is 0.0702. The van der Waals surface area contributed by atoms with E-state index in [4.69, 9.17) is 10.2 Å². The fourth-order valence-corrected chi connectivity index (χ4v) is 1.28. The third kappa shape index (κ3) is 3.02. The second kappa shape index (κ2) is 5.74. The van der Waals surface area contributed by atoms with Crippen LogP contribution in [0.3, 0.4) is 0 Å². The summed E-state index contributed by atoms with van der Waals surface area (Å²) >= 11 is 1.09. The molecule has 0 aromatic carbocycles. The average Bonchev–Trinajstić information content (AvgIpc) is 2.55. The Kier molecular flexibility index (Phi) is 5.32. The lowest BCUT2D eigenvalue weighted by Gasteiger charge is -1.83. The molecular weight excluding hydrogens is 176 g/mol. The summed E-state index contributed by atoms with van der Waals surface area (Å²) in [6.45, 7) is 3.91. The fraction of sp³-hybridized carbons (Fsp3) is 0.375. The number of hydrogen-bond donors (Lipinski definition) is 2. The van der Waals surface area contributed by atoms with E-state index in [2.05, 4.69) is 0 Å². The van der Waals surface area contributed by atoms with Crippen LogP contribution in [0.2, 0.25) is 0 Å². The molecule has 0 saturated carbocycles. The van der Waals surface area contributed by atoms with Gasteiger partial charge in [-0.15, -0.1) is 11.3 Å². The van der Waals surface area contributed by atoms with Gasteiger partial charge in [0.15, 0.2) is 0 Å². The molecule has 0 aliphatic carbocycles. The molecule has 1 aromatic rings. The highest BCUT2D eigenvalue weighted by molar-refractivity contribution is 7.13. The van der Waals surface area contributed by atoms with Gasteiger partial charge >= 0.3 is 5.97 Å². The SMILES string of the molecule is CC.O=C(O)c1ccc(CO)s1. The first-order chi connectivity index (χ1) is 5.74. The summed E-state index contributed by atoms with van der Waals surface area (Å²) in [6, 6.07) is 3.09. The van der Waals surface area contributed by atoms with E-state index in [0.717, 1.165) is 11.3 Å². The van der Waals surface area contributed by atoms with Crippen LogP contribution in [0.15, 0.2) is 12.1 Å². The van der Waals surface area contributed by atoms with E-state index in [1.165, 1.54) is 6.07 Å². The molecule has 1 rings (SSSR count). The Bertz CT molecular complexity index is 242. The van der Waals surface area contributed by atoms with Crippen LogP contribution in [0.5, 0.6) is 0 Å². The van der Waals surface area contributed by atoms with Crippen LogP contribution in [0, 0.1) is 0 Å². The van der Waals surface area contributed by atoms with Gasteiger partial charge in [0.1, 0.15) is 4.88 Å². The maximum absolute atomic E-state index is 10.3. The van der Waals surface area contributed by atoms with E-state index in [-0.39, 0.29) is 11.5 Å². The summed E-state index contributed by atoms with van der Waals surface area (Å²) in [5, 5.41) is 17.0. The maximum Gasteiger partial charge on any atom is 0.345 e. The van der Waals surface area contributed by atoms with E-state index in [0.29, 0.717) is 4.88 Å². The first-order valence-corrected chi connectivity index (χ1v) is 4.48.